The highest BCUT2D eigenvalue weighted by molar-refractivity contribution is 5.82. The van der Waals surface area contributed by atoms with E-state index in [4.69, 9.17) is 0 Å². The number of quaternary nitrogens is 1. The Balaban J connectivity index is 0.00000274. The van der Waals surface area contributed by atoms with Crippen LogP contribution in [-0.2, 0) is 0 Å². The molecule has 180 valence electrons. The van der Waals surface area contributed by atoms with Gasteiger partial charge in [0.15, 0.2) is 0 Å². The Morgan fingerprint density at radius 3 is 2.47 bits per heavy atom. The number of aromatic nitrogens is 1. The van der Waals surface area contributed by atoms with Gasteiger partial charge in [-0.1, -0.05) is 54.6 Å². The molecule has 7 heteroatoms. The molecule has 3 fully saturated rings. The summed E-state index contributed by atoms with van der Waals surface area (Å²) in [4.78, 5) is 4.37. The summed E-state index contributed by atoms with van der Waals surface area (Å²) in [7, 11) is 0. The van der Waals surface area contributed by atoms with Crippen LogP contribution in [0.4, 0.5) is 13.2 Å². The molecule has 2 aromatic carbocycles. The summed E-state index contributed by atoms with van der Waals surface area (Å²) in [6.07, 6.45) is -0.786. The second-order valence-electron chi connectivity index (χ2n) is 9.48. The highest BCUT2D eigenvalue weighted by Gasteiger charge is 2.64. The van der Waals surface area contributed by atoms with E-state index >= 15 is 0 Å². The molecule has 3 aromatic rings. The van der Waals surface area contributed by atoms with E-state index in [1.807, 2.05) is 30.3 Å². The average molecular weight is 533 g/mol. The standard InChI is InChI=1S/C27H28F3N2O.BrH/c1-2-18-17-32(26(27(28,29)30)19-8-4-3-5-9-19)15-13-20(18)16-24(32)25(33)22-12-14-31-23-11-7-6-10-21(22)23;/h2-12,14,18,20,24-26,33H,1,13,15-17H2;1H/q+1;/p-1/t18-,20-,24+,25-,26?,32?;/m0./s1. The quantitative estimate of drug-likeness (QED) is 0.404. The number of fused-ring (bicyclic) bond motifs is 4. The molecule has 3 aliphatic heterocycles. The molecule has 0 aliphatic carbocycles. The first kappa shape index (κ1) is 24.9. The summed E-state index contributed by atoms with van der Waals surface area (Å²) >= 11 is 0. The molecule has 0 spiro atoms. The number of nitrogens with zero attached hydrogens (tertiary/aromatic N) is 2. The Kier molecular flexibility index (Phi) is 6.91. The maximum atomic E-state index is 14.8. The van der Waals surface area contributed by atoms with Crippen LogP contribution in [0.1, 0.15) is 36.1 Å². The number of pyridine rings is 1. The Morgan fingerprint density at radius 2 is 1.76 bits per heavy atom. The SMILES string of the molecule is C=C[C@H]1C[N+]2(C(c3ccccc3)C(F)(F)F)CC[C@H]1C[C@@H]2[C@@H](O)c1ccnc2ccccc12.[Br-]. The molecular formula is C27H28BrF3N2O. The first-order valence-corrected chi connectivity index (χ1v) is 11.5. The van der Waals surface area contributed by atoms with Crippen molar-refractivity contribution in [2.24, 2.45) is 11.8 Å². The van der Waals surface area contributed by atoms with E-state index in [1.54, 1.807) is 42.6 Å². The summed E-state index contributed by atoms with van der Waals surface area (Å²) in [5, 5.41) is 12.5. The largest absolute Gasteiger partial charge is 1.00 e. The van der Waals surface area contributed by atoms with Gasteiger partial charge in [0.25, 0.3) is 0 Å². The molecule has 0 saturated carbocycles. The summed E-state index contributed by atoms with van der Waals surface area (Å²) in [6.45, 7) is 4.65. The number of alkyl halides is 3. The first-order valence-electron chi connectivity index (χ1n) is 11.5. The number of halogens is 4. The van der Waals surface area contributed by atoms with Gasteiger partial charge < -0.3 is 26.6 Å². The van der Waals surface area contributed by atoms with E-state index in [-0.39, 0.29) is 38.9 Å². The fourth-order valence-electron chi connectivity index (χ4n) is 6.47. The molecule has 6 atom stereocenters. The molecule has 2 bridgehead atoms. The fourth-order valence-corrected chi connectivity index (χ4v) is 6.47. The molecule has 3 aliphatic rings. The average Bonchev–Trinajstić information content (AvgIpc) is 2.83. The van der Waals surface area contributed by atoms with Crippen molar-refractivity contribution in [2.75, 3.05) is 13.1 Å². The van der Waals surface area contributed by atoms with Gasteiger partial charge in [0.1, 0.15) is 12.1 Å². The lowest BCUT2D eigenvalue weighted by Crippen LogP contribution is -3.00. The lowest BCUT2D eigenvalue weighted by molar-refractivity contribution is -1.01. The van der Waals surface area contributed by atoms with Crippen molar-refractivity contribution < 1.29 is 39.7 Å². The molecule has 1 N–H and O–H groups in total. The monoisotopic (exact) mass is 532 g/mol. The third kappa shape index (κ3) is 4.08. The van der Waals surface area contributed by atoms with Crippen LogP contribution in [0, 0.1) is 11.8 Å². The zero-order valence-corrected chi connectivity index (χ0v) is 20.3. The summed E-state index contributed by atoms with van der Waals surface area (Å²) in [5.41, 5.74) is 1.64. The predicted molar refractivity (Wildman–Crippen MR) is 122 cm³/mol. The van der Waals surface area contributed by atoms with Crippen LogP contribution in [0.15, 0.2) is 79.5 Å². The topological polar surface area (TPSA) is 33.1 Å². The summed E-state index contributed by atoms with van der Waals surface area (Å²) in [5.74, 6) is 0.241. The van der Waals surface area contributed by atoms with Gasteiger partial charge in [0, 0.05) is 35.9 Å². The molecular weight excluding hydrogens is 505 g/mol. The third-order valence-electron chi connectivity index (χ3n) is 7.89. The van der Waals surface area contributed by atoms with Gasteiger partial charge >= 0.3 is 6.18 Å². The molecule has 0 radical (unpaired) electrons. The number of hydrogen-bond donors (Lipinski definition) is 1. The Bertz CT molecular complexity index is 1150. The number of hydrogen-bond acceptors (Lipinski definition) is 2. The van der Waals surface area contributed by atoms with Crippen molar-refractivity contribution in [3.05, 3.63) is 90.6 Å². The summed E-state index contributed by atoms with van der Waals surface area (Å²) < 4.78 is 44.3. The zero-order valence-electron chi connectivity index (χ0n) is 18.7. The molecule has 34 heavy (non-hydrogen) atoms. The van der Waals surface area contributed by atoms with Crippen molar-refractivity contribution >= 4 is 10.9 Å². The number of para-hydroxylation sites is 1. The van der Waals surface area contributed by atoms with Crippen molar-refractivity contribution in [1.29, 1.82) is 0 Å². The number of rotatable bonds is 5. The van der Waals surface area contributed by atoms with E-state index in [0.29, 0.717) is 31.5 Å². The fraction of sp³-hybridized carbons (Fsp3) is 0.370. The molecule has 0 amide bonds. The lowest BCUT2D eigenvalue weighted by atomic mass is 9.69. The summed E-state index contributed by atoms with van der Waals surface area (Å²) in [6, 6.07) is 15.2. The Labute approximate surface area is 208 Å². The lowest BCUT2D eigenvalue weighted by Gasteiger charge is -2.61. The van der Waals surface area contributed by atoms with Gasteiger partial charge in [0.05, 0.1) is 18.6 Å². The molecule has 4 heterocycles. The normalized spacial score (nSPS) is 28.2. The van der Waals surface area contributed by atoms with Crippen LogP contribution >= 0.6 is 0 Å². The minimum Gasteiger partial charge on any atom is -1.00 e. The van der Waals surface area contributed by atoms with Gasteiger partial charge in [-0.15, -0.1) is 6.58 Å². The predicted octanol–water partition coefficient (Wildman–Crippen LogP) is 2.99. The van der Waals surface area contributed by atoms with E-state index in [9.17, 15) is 18.3 Å². The minimum absolute atomic E-state index is 0. The van der Waals surface area contributed by atoms with Crippen LogP contribution in [0.3, 0.4) is 0 Å². The van der Waals surface area contributed by atoms with Crippen LogP contribution < -0.4 is 17.0 Å². The number of aliphatic hydroxyl groups is 1. The highest BCUT2D eigenvalue weighted by atomic mass is 79.9. The smallest absolute Gasteiger partial charge is 0.446 e. The van der Waals surface area contributed by atoms with E-state index < -0.39 is 24.4 Å². The minimum atomic E-state index is -4.45. The van der Waals surface area contributed by atoms with Crippen molar-refractivity contribution in [3.63, 3.8) is 0 Å². The van der Waals surface area contributed by atoms with Gasteiger partial charge in [-0.3, -0.25) is 4.98 Å². The van der Waals surface area contributed by atoms with Crippen LogP contribution in [0.5, 0.6) is 0 Å². The van der Waals surface area contributed by atoms with Gasteiger partial charge in [-0.2, -0.15) is 13.2 Å². The van der Waals surface area contributed by atoms with Crippen molar-refractivity contribution in [1.82, 2.24) is 4.98 Å². The first-order chi connectivity index (χ1) is 15.8. The van der Waals surface area contributed by atoms with Gasteiger partial charge in [-0.25, -0.2) is 0 Å². The molecule has 1 aromatic heterocycles. The van der Waals surface area contributed by atoms with E-state index in [2.05, 4.69) is 11.6 Å². The van der Waals surface area contributed by atoms with Crippen LogP contribution in [-0.4, -0.2) is 39.9 Å². The van der Waals surface area contributed by atoms with E-state index in [0.717, 1.165) is 10.9 Å². The van der Waals surface area contributed by atoms with Gasteiger partial charge in [-0.05, 0) is 23.6 Å². The van der Waals surface area contributed by atoms with Gasteiger partial charge in [0.2, 0.25) is 6.04 Å². The molecule has 3 nitrogen and oxygen atoms in total. The zero-order chi connectivity index (χ0) is 23.2. The second-order valence-corrected chi connectivity index (χ2v) is 9.48. The number of aliphatic hydroxyl groups excluding tert-OH is 1. The molecule has 6 rings (SSSR count). The maximum absolute atomic E-state index is 14.8. The van der Waals surface area contributed by atoms with Crippen LogP contribution in [0.2, 0.25) is 0 Å². The highest BCUT2D eigenvalue weighted by Crippen LogP contribution is 2.55. The van der Waals surface area contributed by atoms with Crippen molar-refractivity contribution in [2.45, 2.75) is 37.2 Å². The van der Waals surface area contributed by atoms with E-state index in [1.165, 1.54) is 0 Å². The molecule has 3 saturated heterocycles. The second kappa shape index (κ2) is 9.44. The van der Waals surface area contributed by atoms with Crippen LogP contribution in [0.25, 0.3) is 10.9 Å². The number of piperidine rings is 3. The maximum Gasteiger partial charge on any atom is 0.446 e. The third-order valence-corrected chi connectivity index (χ3v) is 7.89. The molecule has 2 unspecified atom stereocenters. The Hall–Kier alpha value is -2.22. The number of benzene rings is 2. The van der Waals surface area contributed by atoms with Crippen molar-refractivity contribution in [3.8, 4) is 0 Å². The Morgan fingerprint density at radius 1 is 1.06 bits per heavy atom.